The Hall–Kier alpha value is -3.21. The molecule has 0 unspecified atom stereocenters. The number of Topliss-reactive ketones (excluding diaryl/α,β-unsaturated/α-hetero) is 1. The zero-order valence-electron chi connectivity index (χ0n) is 14.9. The molecule has 0 heterocycles. The lowest BCUT2D eigenvalue weighted by molar-refractivity contribution is -0.114. The summed E-state index contributed by atoms with van der Waals surface area (Å²) < 4.78 is 0. The SMILES string of the molecule is CCN(CC)c1ccc(N=C2C=C(C(N)=O)C(=O)c3ccccc32)cc1. The van der Waals surface area contributed by atoms with Gasteiger partial charge in [0.1, 0.15) is 0 Å². The Labute approximate surface area is 152 Å². The smallest absolute Gasteiger partial charge is 0.252 e. The molecule has 2 aromatic rings. The molecule has 132 valence electrons. The number of ketones is 1. The Balaban J connectivity index is 2.03. The lowest BCUT2D eigenvalue weighted by Crippen LogP contribution is -2.26. The minimum atomic E-state index is -0.742. The van der Waals surface area contributed by atoms with Crippen LogP contribution in [0.15, 0.2) is 65.2 Å². The van der Waals surface area contributed by atoms with Crippen molar-refractivity contribution in [2.45, 2.75) is 13.8 Å². The van der Waals surface area contributed by atoms with Crippen molar-refractivity contribution in [1.29, 1.82) is 0 Å². The van der Waals surface area contributed by atoms with Gasteiger partial charge in [0.25, 0.3) is 5.91 Å². The van der Waals surface area contributed by atoms with Gasteiger partial charge in [-0.3, -0.25) is 9.59 Å². The lowest BCUT2D eigenvalue weighted by atomic mass is 9.88. The molecule has 1 aliphatic rings. The van der Waals surface area contributed by atoms with E-state index in [9.17, 15) is 9.59 Å². The molecule has 2 N–H and O–H groups in total. The van der Waals surface area contributed by atoms with Crippen molar-refractivity contribution in [2.75, 3.05) is 18.0 Å². The van der Waals surface area contributed by atoms with Crippen LogP contribution < -0.4 is 10.6 Å². The maximum atomic E-state index is 12.4. The number of rotatable bonds is 5. The number of carbonyl (C=O) groups is 2. The average Bonchev–Trinajstić information content (AvgIpc) is 2.66. The first-order chi connectivity index (χ1) is 12.5. The second-order valence-electron chi connectivity index (χ2n) is 5.98. The van der Waals surface area contributed by atoms with E-state index < -0.39 is 5.91 Å². The number of benzene rings is 2. The van der Waals surface area contributed by atoms with Crippen LogP contribution in [0.1, 0.15) is 29.8 Å². The number of allylic oxidation sites excluding steroid dienone is 1. The van der Waals surface area contributed by atoms with Crippen LogP contribution in [0.2, 0.25) is 0 Å². The fraction of sp³-hybridized carbons (Fsp3) is 0.190. The van der Waals surface area contributed by atoms with Crippen molar-refractivity contribution < 1.29 is 9.59 Å². The van der Waals surface area contributed by atoms with Gasteiger partial charge in [0.15, 0.2) is 5.78 Å². The Kier molecular flexibility index (Phi) is 4.98. The first-order valence-corrected chi connectivity index (χ1v) is 8.64. The number of anilines is 1. The molecule has 5 nitrogen and oxygen atoms in total. The van der Waals surface area contributed by atoms with E-state index in [0.29, 0.717) is 16.8 Å². The van der Waals surface area contributed by atoms with Gasteiger partial charge in [-0.05, 0) is 44.2 Å². The molecule has 1 aliphatic carbocycles. The monoisotopic (exact) mass is 347 g/mol. The molecule has 0 saturated heterocycles. The van der Waals surface area contributed by atoms with E-state index in [2.05, 4.69) is 23.7 Å². The van der Waals surface area contributed by atoms with Crippen LogP contribution in [0, 0.1) is 0 Å². The molecule has 0 aliphatic heterocycles. The highest BCUT2D eigenvalue weighted by Gasteiger charge is 2.26. The van der Waals surface area contributed by atoms with Crippen LogP contribution in [0.4, 0.5) is 11.4 Å². The highest BCUT2D eigenvalue weighted by molar-refractivity contribution is 6.35. The molecule has 2 aromatic carbocycles. The summed E-state index contributed by atoms with van der Waals surface area (Å²) in [5.74, 6) is -1.10. The molecular formula is C21H21N3O2. The van der Waals surface area contributed by atoms with Crippen molar-refractivity contribution in [3.8, 4) is 0 Å². The third-order valence-electron chi connectivity index (χ3n) is 4.47. The molecule has 0 fully saturated rings. The second-order valence-corrected chi connectivity index (χ2v) is 5.98. The van der Waals surface area contributed by atoms with Crippen LogP contribution in [0.25, 0.3) is 0 Å². The Bertz CT molecular complexity index is 907. The zero-order chi connectivity index (χ0) is 18.7. The summed E-state index contributed by atoms with van der Waals surface area (Å²) in [4.78, 5) is 30.9. The largest absolute Gasteiger partial charge is 0.372 e. The number of hydrogen-bond donors (Lipinski definition) is 1. The standard InChI is InChI=1S/C21H21N3O2/c1-3-24(4-2)15-11-9-14(10-12-15)23-19-13-18(21(22)26)20(25)17-8-6-5-7-16(17)19/h5-13H,3-4H2,1-2H3,(H2,22,26). The van der Waals surface area contributed by atoms with E-state index in [1.165, 1.54) is 6.08 Å². The number of aliphatic imine (C=N–C) groups is 1. The van der Waals surface area contributed by atoms with Crippen LogP contribution in [0.5, 0.6) is 0 Å². The maximum Gasteiger partial charge on any atom is 0.252 e. The first kappa shape index (κ1) is 17.6. The Morgan fingerprint density at radius 1 is 1.00 bits per heavy atom. The molecule has 0 spiro atoms. The molecule has 0 radical (unpaired) electrons. The third-order valence-corrected chi connectivity index (χ3v) is 4.47. The molecule has 5 heteroatoms. The highest BCUT2D eigenvalue weighted by atomic mass is 16.2. The minimum absolute atomic E-state index is 0.0396. The predicted molar refractivity (Wildman–Crippen MR) is 104 cm³/mol. The topological polar surface area (TPSA) is 75.8 Å². The number of hydrogen-bond acceptors (Lipinski definition) is 4. The van der Waals surface area contributed by atoms with Gasteiger partial charge < -0.3 is 10.6 Å². The fourth-order valence-corrected chi connectivity index (χ4v) is 3.07. The quantitative estimate of drug-likeness (QED) is 0.844. The summed E-state index contributed by atoms with van der Waals surface area (Å²) in [7, 11) is 0. The Morgan fingerprint density at radius 2 is 1.62 bits per heavy atom. The summed E-state index contributed by atoms with van der Waals surface area (Å²) in [5.41, 5.74) is 8.92. The molecule has 26 heavy (non-hydrogen) atoms. The van der Waals surface area contributed by atoms with Gasteiger partial charge >= 0.3 is 0 Å². The highest BCUT2D eigenvalue weighted by Crippen LogP contribution is 2.25. The molecule has 3 rings (SSSR count). The minimum Gasteiger partial charge on any atom is -0.372 e. The van der Waals surface area contributed by atoms with Crippen molar-refractivity contribution in [2.24, 2.45) is 10.7 Å². The molecule has 0 bridgehead atoms. The first-order valence-electron chi connectivity index (χ1n) is 8.64. The zero-order valence-corrected chi connectivity index (χ0v) is 14.9. The Morgan fingerprint density at radius 3 is 2.19 bits per heavy atom. The molecular weight excluding hydrogens is 326 g/mol. The van der Waals surface area contributed by atoms with Gasteiger partial charge in [-0.1, -0.05) is 24.3 Å². The molecule has 0 aromatic heterocycles. The predicted octanol–water partition coefficient (Wildman–Crippen LogP) is 3.26. The summed E-state index contributed by atoms with van der Waals surface area (Å²) in [6.45, 7) is 6.10. The van der Waals surface area contributed by atoms with Crippen molar-refractivity contribution in [3.05, 3.63) is 71.3 Å². The summed E-state index contributed by atoms with van der Waals surface area (Å²) >= 11 is 0. The van der Waals surface area contributed by atoms with Crippen LogP contribution in [0.3, 0.4) is 0 Å². The van der Waals surface area contributed by atoms with Gasteiger partial charge in [0.2, 0.25) is 0 Å². The van der Waals surface area contributed by atoms with Crippen molar-refractivity contribution in [3.63, 3.8) is 0 Å². The summed E-state index contributed by atoms with van der Waals surface area (Å²) in [6.07, 6.45) is 1.48. The number of nitrogens with zero attached hydrogens (tertiary/aromatic N) is 2. The number of carbonyl (C=O) groups excluding carboxylic acids is 2. The maximum absolute atomic E-state index is 12.4. The molecule has 0 saturated carbocycles. The van der Waals surface area contributed by atoms with Gasteiger partial charge in [-0.2, -0.15) is 0 Å². The van der Waals surface area contributed by atoms with Gasteiger partial charge in [-0.15, -0.1) is 0 Å². The number of primary amides is 1. The van der Waals surface area contributed by atoms with Gasteiger partial charge in [0.05, 0.1) is 17.0 Å². The van der Waals surface area contributed by atoms with E-state index in [4.69, 9.17) is 5.73 Å². The fourth-order valence-electron chi connectivity index (χ4n) is 3.07. The van der Waals surface area contributed by atoms with E-state index in [1.54, 1.807) is 12.1 Å². The van der Waals surface area contributed by atoms with Crippen LogP contribution in [-0.4, -0.2) is 30.5 Å². The summed E-state index contributed by atoms with van der Waals surface area (Å²) in [6, 6.07) is 15.0. The second kappa shape index (κ2) is 7.35. The number of nitrogens with two attached hydrogens (primary N) is 1. The van der Waals surface area contributed by atoms with Crippen LogP contribution >= 0.6 is 0 Å². The van der Waals surface area contributed by atoms with Crippen molar-refractivity contribution in [1.82, 2.24) is 0 Å². The third kappa shape index (κ3) is 3.28. The van der Waals surface area contributed by atoms with Gasteiger partial charge in [0, 0.05) is 29.9 Å². The lowest BCUT2D eigenvalue weighted by Gasteiger charge is -2.21. The van der Waals surface area contributed by atoms with Crippen molar-refractivity contribution >= 4 is 28.8 Å². The summed E-state index contributed by atoms with van der Waals surface area (Å²) in [5, 5.41) is 0. The molecule has 0 atom stereocenters. The van der Waals surface area contributed by atoms with E-state index in [1.807, 2.05) is 36.4 Å². The average molecular weight is 347 g/mol. The normalized spacial score (nSPS) is 14.8. The van der Waals surface area contributed by atoms with Gasteiger partial charge in [-0.25, -0.2) is 4.99 Å². The van der Waals surface area contributed by atoms with Crippen LogP contribution in [-0.2, 0) is 4.79 Å². The number of fused-ring (bicyclic) bond motifs is 1. The van der Waals surface area contributed by atoms with E-state index in [0.717, 1.165) is 24.5 Å². The number of amides is 1. The molecule has 1 amide bonds. The van der Waals surface area contributed by atoms with E-state index >= 15 is 0 Å². The van der Waals surface area contributed by atoms with E-state index in [-0.39, 0.29) is 11.4 Å².